The Kier molecular flexibility index (Phi) is 5.00. The maximum Gasteiger partial charge on any atom is 0.257 e. The molecule has 29 heavy (non-hydrogen) atoms. The summed E-state index contributed by atoms with van der Waals surface area (Å²) >= 11 is 11.9. The Morgan fingerprint density at radius 1 is 1.14 bits per heavy atom. The lowest BCUT2D eigenvalue weighted by Crippen LogP contribution is -2.62. The van der Waals surface area contributed by atoms with Gasteiger partial charge in [-0.25, -0.2) is 0 Å². The van der Waals surface area contributed by atoms with Crippen LogP contribution in [0.3, 0.4) is 0 Å². The highest BCUT2D eigenvalue weighted by Crippen LogP contribution is 2.44. The molecule has 0 radical (unpaired) electrons. The van der Waals surface area contributed by atoms with Crippen LogP contribution in [0.25, 0.3) is 0 Å². The molecule has 1 unspecified atom stereocenters. The summed E-state index contributed by atoms with van der Waals surface area (Å²) in [6, 6.07) is 11.9. The molecule has 0 aromatic heterocycles. The quantitative estimate of drug-likeness (QED) is 0.783. The Morgan fingerprint density at radius 2 is 1.90 bits per heavy atom. The monoisotopic (exact) mass is 431 g/mol. The van der Waals surface area contributed by atoms with E-state index in [-0.39, 0.29) is 30.7 Å². The standard InChI is InChI=1S/C21H19Cl2N3O3/c1-21-10-8-19(28)26(21)17-5-3-2-4-14(17)20(29)25(21)11-9-18(27)24-13-6-7-15(22)16(23)12-13/h2-7,12H,8-11H2,1H3,(H,24,27). The number of hydrogen-bond donors (Lipinski definition) is 1. The molecule has 2 aromatic rings. The van der Waals surface area contributed by atoms with Crippen LogP contribution < -0.4 is 10.2 Å². The number of halogens is 2. The summed E-state index contributed by atoms with van der Waals surface area (Å²) in [6.45, 7) is 2.07. The van der Waals surface area contributed by atoms with Crippen molar-refractivity contribution in [1.29, 1.82) is 0 Å². The van der Waals surface area contributed by atoms with Crippen LogP contribution in [0, 0.1) is 0 Å². The fraction of sp³-hybridized carbons (Fsp3) is 0.286. The molecule has 6 nitrogen and oxygen atoms in total. The molecular weight excluding hydrogens is 413 g/mol. The smallest absolute Gasteiger partial charge is 0.257 e. The van der Waals surface area contributed by atoms with Gasteiger partial charge in [-0.2, -0.15) is 0 Å². The van der Waals surface area contributed by atoms with Crippen molar-refractivity contribution in [2.45, 2.75) is 31.8 Å². The van der Waals surface area contributed by atoms with Gasteiger partial charge in [-0.3, -0.25) is 19.3 Å². The number of carbonyl (C=O) groups excluding carboxylic acids is 3. The van der Waals surface area contributed by atoms with Crippen LogP contribution in [0.1, 0.15) is 36.5 Å². The SMILES string of the molecule is CC12CCC(=O)N1c1ccccc1C(=O)N2CCC(=O)Nc1ccc(Cl)c(Cl)c1. The van der Waals surface area contributed by atoms with Crippen molar-refractivity contribution in [1.82, 2.24) is 4.90 Å². The van der Waals surface area contributed by atoms with Gasteiger partial charge < -0.3 is 10.2 Å². The predicted molar refractivity (Wildman–Crippen MR) is 112 cm³/mol. The lowest BCUT2D eigenvalue weighted by molar-refractivity contribution is -0.117. The summed E-state index contributed by atoms with van der Waals surface area (Å²) in [7, 11) is 0. The van der Waals surface area contributed by atoms with Crippen molar-refractivity contribution in [3.8, 4) is 0 Å². The molecule has 2 aromatic carbocycles. The summed E-state index contributed by atoms with van der Waals surface area (Å²) in [4.78, 5) is 41.5. The van der Waals surface area contributed by atoms with Crippen LogP contribution in [0.2, 0.25) is 10.0 Å². The van der Waals surface area contributed by atoms with E-state index >= 15 is 0 Å². The lowest BCUT2D eigenvalue weighted by Gasteiger charge is -2.48. The minimum atomic E-state index is -0.771. The Bertz CT molecular complexity index is 1030. The molecule has 0 aliphatic carbocycles. The van der Waals surface area contributed by atoms with Gasteiger partial charge in [-0.15, -0.1) is 0 Å². The number of nitrogens with one attached hydrogen (secondary N) is 1. The molecule has 1 N–H and O–H groups in total. The first-order valence-electron chi connectivity index (χ1n) is 9.30. The minimum Gasteiger partial charge on any atom is -0.326 e. The third-order valence-electron chi connectivity index (χ3n) is 5.51. The zero-order valence-corrected chi connectivity index (χ0v) is 17.3. The van der Waals surface area contributed by atoms with Crippen molar-refractivity contribution in [2.75, 3.05) is 16.8 Å². The second-order valence-electron chi connectivity index (χ2n) is 7.35. The van der Waals surface area contributed by atoms with Crippen molar-refractivity contribution >= 4 is 52.3 Å². The summed E-state index contributed by atoms with van der Waals surface area (Å²) in [5.41, 5.74) is 0.875. The highest BCUT2D eigenvalue weighted by Gasteiger charge is 2.52. The number of rotatable bonds is 4. The normalized spacial score (nSPS) is 20.5. The average Bonchev–Trinajstić information content (AvgIpc) is 3.00. The third kappa shape index (κ3) is 3.36. The van der Waals surface area contributed by atoms with Crippen LogP contribution in [0.15, 0.2) is 42.5 Å². The number of amides is 3. The number of anilines is 2. The zero-order valence-electron chi connectivity index (χ0n) is 15.7. The largest absolute Gasteiger partial charge is 0.326 e. The van der Waals surface area contributed by atoms with Gasteiger partial charge in [0.1, 0.15) is 5.66 Å². The van der Waals surface area contributed by atoms with Crippen molar-refractivity contribution in [2.24, 2.45) is 0 Å². The van der Waals surface area contributed by atoms with E-state index in [9.17, 15) is 14.4 Å². The van der Waals surface area contributed by atoms with Crippen LogP contribution in [-0.2, 0) is 9.59 Å². The lowest BCUT2D eigenvalue weighted by atomic mass is 9.98. The molecule has 2 aliphatic rings. The Balaban J connectivity index is 1.53. The molecule has 8 heteroatoms. The van der Waals surface area contributed by atoms with Crippen molar-refractivity contribution in [3.05, 3.63) is 58.1 Å². The fourth-order valence-electron chi connectivity index (χ4n) is 4.05. The third-order valence-corrected chi connectivity index (χ3v) is 6.25. The van der Waals surface area contributed by atoms with Crippen LogP contribution in [0.4, 0.5) is 11.4 Å². The molecule has 4 rings (SSSR count). The molecule has 3 amide bonds. The van der Waals surface area contributed by atoms with E-state index in [1.54, 1.807) is 46.2 Å². The van der Waals surface area contributed by atoms with E-state index in [0.717, 1.165) is 0 Å². The molecule has 2 aliphatic heterocycles. The van der Waals surface area contributed by atoms with Crippen LogP contribution >= 0.6 is 23.2 Å². The van der Waals surface area contributed by atoms with Crippen LogP contribution in [-0.4, -0.2) is 34.8 Å². The Hall–Kier alpha value is -2.57. The highest BCUT2D eigenvalue weighted by molar-refractivity contribution is 6.42. The maximum atomic E-state index is 13.1. The first-order chi connectivity index (χ1) is 13.8. The second kappa shape index (κ2) is 7.35. The molecule has 0 spiro atoms. The molecule has 1 atom stereocenters. The Morgan fingerprint density at radius 3 is 2.66 bits per heavy atom. The summed E-state index contributed by atoms with van der Waals surface area (Å²) < 4.78 is 0. The van der Waals surface area contributed by atoms with E-state index in [2.05, 4.69) is 5.32 Å². The molecule has 1 saturated heterocycles. The van der Waals surface area contributed by atoms with Crippen LogP contribution in [0.5, 0.6) is 0 Å². The predicted octanol–water partition coefficient (Wildman–Crippen LogP) is 4.32. The van der Waals surface area contributed by atoms with E-state index in [1.807, 2.05) is 13.0 Å². The zero-order chi connectivity index (χ0) is 20.8. The van der Waals surface area contributed by atoms with Gasteiger partial charge in [0.25, 0.3) is 5.91 Å². The summed E-state index contributed by atoms with van der Waals surface area (Å²) in [5, 5.41) is 3.51. The van der Waals surface area contributed by atoms with Crippen molar-refractivity contribution in [3.63, 3.8) is 0 Å². The Labute approximate surface area is 178 Å². The first kappa shape index (κ1) is 19.7. The summed E-state index contributed by atoms with van der Waals surface area (Å²) in [6.07, 6.45) is 0.982. The number of carbonyl (C=O) groups is 3. The van der Waals surface area contributed by atoms with E-state index < -0.39 is 5.66 Å². The maximum absolute atomic E-state index is 13.1. The topological polar surface area (TPSA) is 69.7 Å². The number of nitrogens with zero attached hydrogens (tertiary/aromatic N) is 2. The molecular formula is C21H19Cl2N3O3. The highest BCUT2D eigenvalue weighted by atomic mass is 35.5. The van der Waals surface area contributed by atoms with E-state index in [4.69, 9.17) is 23.2 Å². The average molecular weight is 432 g/mol. The molecule has 0 saturated carbocycles. The van der Waals surface area contributed by atoms with Gasteiger partial charge in [0, 0.05) is 25.1 Å². The van der Waals surface area contributed by atoms with Gasteiger partial charge in [0.05, 0.1) is 21.3 Å². The number of fused-ring (bicyclic) bond motifs is 3. The van der Waals surface area contributed by atoms with E-state index in [1.165, 1.54) is 0 Å². The van der Waals surface area contributed by atoms with Gasteiger partial charge in [0.2, 0.25) is 11.8 Å². The molecule has 2 heterocycles. The fourth-order valence-corrected chi connectivity index (χ4v) is 4.35. The molecule has 1 fully saturated rings. The van der Waals surface area contributed by atoms with Gasteiger partial charge in [0.15, 0.2) is 0 Å². The molecule has 0 bridgehead atoms. The van der Waals surface area contributed by atoms with Crippen molar-refractivity contribution < 1.29 is 14.4 Å². The number of benzene rings is 2. The van der Waals surface area contributed by atoms with Gasteiger partial charge >= 0.3 is 0 Å². The second-order valence-corrected chi connectivity index (χ2v) is 8.16. The number of para-hydroxylation sites is 1. The first-order valence-corrected chi connectivity index (χ1v) is 10.1. The van der Waals surface area contributed by atoms with Gasteiger partial charge in [-0.1, -0.05) is 35.3 Å². The van der Waals surface area contributed by atoms with E-state index in [0.29, 0.717) is 39.8 Å². The molecule has 150 valence electrons. The minimum absolute atomic E-state index is 0.0160. The number of hydrogen-bond acceptors (Lipinski definition) is 3. The summed E-state index contributed by atoms with van der Waals surface area (Å²) in [5.74, 6) is -0.441. The van der Waals surface area contributed by atoms with Gasteiger partial charge in [-0.05, 0) is 43.7 Å².